The zero-order valence-electron chi connectivity index (χ0n) is 21.2. The van der Waals surface area contributed by atoms with E-state index in [-0.39, 0.29) is 17.8 Å². The van der Waals surface area contributed by atoms with E-state index in [1.807, 2.05) is 42.5 Å². The van der Waals surface area contributed by atoms with Gasteiger partial charge in [-0.15, -0.1) is 11.3 Å². The van der Waals surface area contributed by atoms with E-state index in [1.165, 1.54) is 10.4 Å². The minimum Gasteiger partial charge on any atom is -0.313 e. The fourth-order valence-corrected chi connectivity index (χ4v) is 6.32. The van der Waals surface area contributed by atoms with Crippen LogP contribution in [0, 0.1) is 11.7 Å². The van der Waals surface area contributed by atoms with E-state index in [4.69, 9.17) is 0 Å². The smallest absolute Gasteiger partial charge is 0.256 e. The first-order valence-corrected chi connectivity index (χ1v) is 13.9. The number of thiophene rings is 1. The Bertz CT molecular complexity index is 1300. The average Bonchev–Trinajstić information content (AvgIpc) is 3.34. The summed E-state index contributed by atoms with van der Waals surface area (Å²) >= 11 is 1.64. The number of nitrogens with one attached hydrogen (secondary N) is 1. The number of halogens is 1. The minimum absolute atomic E-state index is 0.0408. The maximum absolute atomic E-state index is 13.9. The number of rotatable bonds is 8. The van der Waals surface area contributed by atoms with Crippen molar-refractivity contribution in [1.29, 1.82) is 0 Å². The van der Waals surface area contributed by atoms with E-state index in [9.17, 15) is 9.18 Å². The summed E-state index contributed by atoms with van der Waals surface area (Å²) in [5.74, 6) is 0.311. The van der Waals surface area contributed by atoms with Crippen LogP contribution in [0.25, 0.3) is 0 Å². The molecule has 1 amide bonds. The van der Waals surface area contributed by atoms with Crippen molar-refractivity contribution in [3.8, 4) is 0 Å². The molecule has 190 valence electrons. The number of nitrogens with zero attached hydrogens (tertiary/aromatic N) is 1. The molecular formula is C32H33FN2OS. The van der Waals surface area contributed by atoms with E-state index in [0.29, 0.717) is 11.5 Å². The van der Waals surface area contributed by atoms with Gasteiger partial charge in [-0.2, -0.15) is 0 Å². The predicted molar refractivity (Wildman–Crippen MR) is 151 cm³/mol. The van der Waals surface area contributed by atoms with Gasteiger partial charge in [0.1, 0.15) is 10.8 Å². The van der Waals surface area contributed by atoms with Crippen molar-refractivity contribution in [3.63, 3.8) is 0 Å². The summed E-state index contributed by atoms with van der Waals surface area (Å²) in [5, 5.41) is 4.08. The highest BCUT2D eigenvalue weighted by molar-refractivity contribution is 7.16. The summed E-state index contributed by atoms with van der Waals surface area (Å²) in [5.41, 5.74) is 4.19. The third-order valence-electron chi connectivity index (χ3n) is 7.29. The number of carbonyl (C=O) groups is 1. The molecule has 1 N–H and O–H groups in total. The number of anilines is 1. The summed E-state index contributed by atoms with van der Waals surface area (Å²) in [6.45, 7) is 4.06. The molecule has 1 aliphatic heterocycles. The zero-order chi connectivity index (χ0) is 25.6. The molecular weight excluding hydrogens is 479 g/mol. The van der Waals surface area contributed by atoms with E-state index >= 15 is 0 Å². The predicted octanol–water partition coefficient (Wildman–Crippen LogP) is 7.75. The molecule has 1 saturated heterocycles. The van der Waals surface area contributed by atoms with Crippen LogP contribution in [0.1, 0.15) is 57.7 Å². The molecule has 0 aliphatic carbocycles. The highest BCUT2D eigenvalue weighted by Gasteiger charge is 2.30. The largest absolute Gasteiger partial charge is 0.313 e. The number of amides is 1. The molecule has 1 aliphatic rings. The SMILES string of the molecule is CCc1cc(C(c2ccc(F)cc2)N2CCC(Cc3ccccc3)CC2)c(NC(=O)c2ccccc2)s1. The lowest BCUT2D eigenvalue weighted by Crippen LogP contribution is -2.38. The molecule has 1 unspecified atom stereocenters. The Labute approximate surface area is 223 Å². The van der Waals surface area contributed by atoms with Gasteiger partial charge in [-0.05, 0) is 86.1 Å². The number of aryl methyl sites for hydroxylation is 1. The lowest BCUT2D eigenvalue weighted by Gasteiger charge is -2.38. The van der Waals surface area contributed by atoms with Gasteiger partial charge in [0, 0.05) is 16.0 Å². The number of hydrogen-bond acceptors (Lipinski definition) is 3. The Hall–Kier alpha value is -3.28. The Morgan fingerprint density at radius 2 is 1.62 bits per heavy atom. The highest BCUT2D eigenvalue weighted by Crippen LogP contribution is 2.41. The summed E-state index contributed by atoms with van der Waals surface area (Å²) in [6, 6.07) is 29.1. The van der Waals surface area contributed by atoms with Crippen molar-refractivity contribution in [2.45, 2.75) is 38.6 Å². The first-order chi connectivity index (χ1) is 18.1. The van der Waals surface area contributed by atoms with Gasteiger partial charge < -0.3 is 5.32 Å². The van der Waals surface area contributed by atoms with Crippen LogP contribution < -0.4 is 5.32 Å². The Kier molecular flexibility index (Phi) is 8.12. The molecule has 5 heteroatoms. The second-order valence-electron chi connectivity index (χ2n) is 9.79. The quantitative estimate of drug-likeness (QED) is 0.262. The molecule has 37 heavy (non-hydrogen) atoms. The maximum Gasteiger partial charge on any atom is 0.256 e. The average molecular weight is 513 g/mol. The number of piperidine rings is 1. The van der Waals surface area contributed by atoms with E-state index in [0.717, 1.165) is 54.9 Å². The lowest BCUT2D eigenvalue weighted by atomic mass is 9.88. The molecule has 3 aromatic carbocycles. The molecule has 5 rings (SSSR count). The summed E-state index contributed by atoms with van der Waals surface area (Å²) in [6.07, 6.45) is 4.23. The third-order valence-corrected chi connectivity index (χ3v) is 8.50. The second-order valence-corrected chi connectivity index (χ2v) is 10.9. The van der Waals surface area contributed by atoms with E-state index in [1.54, 1.807) is 23.5 Å². The monoisotopic (exact) mass is 512 g/mol. The first-order valence-electron chi connectivity index (χ1n) is 13.1. The Morgan fingerprint density at radius 1 is 0.973 bits per heavy atom. The lowest BCUT2D eigenvalue weighted by molar-refractivity contribution is 0.102. The maximum atomic E-state index is 13.9. The van der Waals surface area contributed by atoms with Crippen LogP contribution in [0.2, 0.25) is 0 Å². The van der Waals surface area contributed by atoms with E-state index < -0.39 is 0 Å². The van der Waals surface area contributed by atoms with Gasteiger partial charge in [0.25, 0.3) is 5.91 Å². The molecule has 3 nitrogen and oxygen atoms in total. The molecule has 1 fully saturated rings. The number of hydrogen-bond donors (Lipinski definition) is 1. The fourth-order valence-electron chi connectivity index (χ4n) is 5.29. The topological polar surface area (TPSA) is 32.3 Å². The van der Waals surface area contributed by atoms with Crippen LogP contribution in [0.15, 0.2) is 91.0 Å². The van der Waals surface area contributed by atoms with Crippen LogP contribution in [0.5, 0.6) is 0 Å². The van der Waals surface area contributed by atoms with Gasteiger partial charge in [0.2, 0.25) is 0 Å². The van der Waals surface area contributed by atoms with Crippen molar-refractivity contribution in [2.24, 2.45) is 5.92 Å². The number of carbonyl (C=O) groups excluding carboxylic acids is 1. The van der Waals surface area contributed by atoms with Gasteiger partial charge in [0.15, 0.2) is 0 Å². The van der Waals surface area contributed by atoms with Crippen molar-refractivity contribution in [2.75, 3.05) is 18.4 Å². The fraction of sp³-hybridized carbons (Fsp3) is 0.281. The number of likely N-dealkylation sites (tertiary alicyclic amines) is 1. The van der Waals surface area contributed by atoms with Crippen LogP contribution in [-0.4, -0.2) is 23.9 Å². The first kappa shape index (κ1) is 25.4. The van der Waals surface area contributed by atoms with E-state index in [2.05, 4.69) is 53.5 Å². The van der Waals surface area contributed by atoms with Crippen LogP contribution in [0.4, 0.5) is 9.39 Å². The van der Waals surface area contributed by atoms with Crippen LogP contribution >= 0.6 is 11.3 Å². The molecule has 0 spiro atoms. The molecule has 1 atom stereocenters. The van der Waals surface area contributed by atoms with Crippen molar-refractivity contribution < 1.29 is 9.18 Å². The minimum atomic E-state index is -0.235. The summed E-state index contributed by atoms with van der Waals surface area (Å²) in [4.78, 5) is 16.8. The second kappa shape index (κ2) is 11.8. The van der Waals surface area contributed by atoms with Crippen molar-refractivity contribution in [1.82, 2.24) is 4.90 Å². The highest BCUT2D eigenvalue weighted by atomic mass is 32.1. The number of benzene rings is 3. The molecule has 0 saturated carbocycles. The Balaban J connectivity index is 1.42. The third kappa shape index (κ3) is 6.17. The molecule has 0 radical (unpaired) electrons. The standard InChI is InChI=1S/C32H33FN2OS/c1-2-28-22-29(32(37-28)34-31(36)26-11-7-4-8-12-26)30(25-13-15-27(33)16-14-25)35-19-17-24(18-20-35)21-23-9-5-3-6-10-23/h3-16,22,24,30H,2,17-21H2,1H3,(H,34,36). The van der Waals surface area contributed by atoms with Crippen molar-refractivity contribution >= 4 is 22.2 Å². The summed E-state index contributed by atoms with van der Waals surface area (Å²) in [7, 11) is 0. The van der Waals surface area contributed by atoms with Gasteiger partial charge in [-0.3, -0.25) is 9.69 Å². The van der Waals surface area contributed by atoms with Crippen LogP contribution in [-0.2, 0) is 12.8 Å². The van der Waals surface area contributed by atoms with Crippen LogP contribution in [0.3, 0.4) is 0 Å². The van der Waals surface area contributed by atoms with Gasteiger partial charge in [0.05, 0.1) is 6.04 Å². The zero-order valence-corrected chi connectivity index (χ0v) is 22.0. The Morgan fingerprint density at radius 3 is 2.27 bits per heavy atom. The molecule has 0 bridgehead atoms. The molecule has 4 aromatic rings. The van der Waals surface area contributed by atoms with Gasteiger partial charge in [-0.25, -0.2) is 4.39 Å². The normalized spacial score (nSPS) is 15.4. The summed E-state index contributed by atoms with van der Waals surface area (Å²) < 4.78 is 13.9. The van der Waals surface area contributed by atoms with Gasteiger partial charge in [-0.1, -0.05) is 67.6 Å². The molecule has 1 aromatic heterocycles. The molecule has 2 heterocycles. The van der Waals surface area contributed by atoms with Crippen molar-refractivity contribution in [3.05, 3.63) is 124 Å². The van der Waals surface area contributed by atoms with Gasteiger partial charge >= 0.3 is 0 Å².